The third kappa shape index (κ3) is 4.80. The summed E-state index contributed by atoms with van der Waals surface area (Å²) < 4.78 is 1.66. The van der Waals surface area contributed by atoms with Crippen LogP contribution in [0.1, 0.15) is 17.0 Å². The van der Waals surface area contributed by atoms with Crippen LogP contribution >= 0.6 is 0 Å². The highest BCUT2D eigenvalue weighted by Gasteiger charge is 2.05. The highest BCUT2D eigenvalue weighted by Crippen LogP contribution is 2.15. The lowest BCUT2D eigenvalue weighted by molar-refractivity contribution is -0.121. The van der Waals surface area contributed by atoms with E-state index in [9.17, 15) is 4.79 Å². The number of aromatic nitrogens is 2. The lowest BCUT2D eigenvalue weighted by atomic mass is 10.2. The first-order valence-electron chi connectivity index (χ1n) is 8.35. The fourth-order valence-corrected chi connectivity index (χ4v) is 2.53. The van der Waals surface area contributed by atoms with Gasteiger partial charge in [0.15, 0.2) is 0 Å². The molecule has 3 aromatic rings. The van der Waals surface area contributed by atoms with Crippen LogP contribution in [0.4, 0.5) is 11.4 Å². The van der Waals surface area contributed by atoms with E-state index in [1.807, 2.05) is 74.5 Å². The number of benzene rings is 2. The molecule has 1 amide bonds. The van der Waals surface area contributed by atoms with Gasteiger partial charge in [-0.15, -0.1) is 0 Å². The van der Waals surface area contributed by atoms with Gasteiger partial charge in [0, 0.05) is 17.1 Å². The Labute approximate surface area is 152 Å². The van der Waals surface area contributed by atoms with Crippen LogP contribution in [0.3, 0.4) is 0 Å². The van der Waals surface area contributed by atoms with Crippen molar-refractivity contribution in [2.75, 3.05) is 5.32 Å². The van der Waals surface area contributed by atoms with Crippen molar-refractivity contribution >= 4 is 23.5 Å². The molecule has 0 radical (unpaired) electrons. The molecule has 0 unspecified atom stereocenters. The quantitative estimate of drug-likeness (QED) is 0.530. The highest BCUT2D eigenvalue weighted by atomic mass is 16.2. The average Bonchev–Trinajstić information content (AvgIpc) is 2.94. The number of nitrogens with zero attached hydrogens (tertiary/aromatic N) is 3. The van der Waals surface area contributed by atoms with Crippen molar-refractivity contribution in [2.24, 2.45) is 5.10 Å². The van der Waals surface area contributed by atoms with Crippen LogP contribution in [0.25, 0.3) is 0 Å². The molecule has 1 aromatic heterocycles. The maximum atomic E-state index is 11.9. The predicted octanol–water partition coefficient (Wildman–Crippen LogP) is 3.39. The Balaban J connectivity index is 1.52. The first-order chi connectivity index (χ1) is 12.6. The topological polar surface area (TPSA) is 71.3 Å². The van der Waals surface area contributed by atoms with Gasteiger partial charge in [-0.1, -0.05) is 30.3 Å². The molecule has 0 saturated heterocycles. The van der Waals surface area contributed by atoms with Crippen LogP contribution in [-0.4, -0.2) is 21.9 Å². The van der Waals surface area contributed by atoms with Crippen LogP contribution in [0.5, 0.6) is 0 Å². The van der Waals surface area contributed by atoms with Gasteiger partial charge < -0.3 is 5.32 Å². The summed E-state index contributed by atoms with van der Waals surface area (Å²) in [5.74, 6) is -0.213. The normalized spacial score (nSPS) is 10.8. The molecule has 0 aliphatic heterocycles. The zero-order valence-corrected chi connectivity index (χ0v) is 14.8. The van der Waals surface area contributed by atoms with Crippen molar-refractivity contribution in [1.29, 1.82) is 0 Å². The molecular weight excluding hydrogens is 326 g/mol. The van der Waals surface area contributed by atoms with Crippen LogP contribution in [-0.2, 0) is 11.3 Å². The van der Waals surface area contributed by atoms with Gasteiger partial charge in [-0.2, -0.15) is 10.2 Å². The van der Waals surface area contributed by atoms with Gasteiger partial charge in [-0.05, 0) is 49.7 Å². The SMILES string of the molecule is Cc1cc(C)n(CC(=O)N/N=C\c2ccc(Nc3ccccc3)cc2)n1. The summed E-state index contributed by atoms with van der Waals surface area (Å²) in [4.78, 5) is 11.9. The summed E-state index contributed by atoms with van der Waals surface area (Å²) in [6.45, 7) is 3.97. The van der Waals surface area contributed by atoms with Crippen molar-refractivity contribution in [2.45, 2.75) is 20.4 Å². The van der Waals surface area contributed by atoms with E-state index < -0.39 is 0 Å². The van der Waals surface area contributed by atoms with Crippen molar-refractivity contribution in [3.63, 3.8) is 0 Å². The van der Waals surface area contributed by atoms with E-state index in [1.54, 1.807) is 10.9 Å². The first kappa shape index (κ1) is 17.4. The number of amides is 1. The number of hydrogen-bond donors (Lipinski definition) is 2. The molecule has 3 rings (SSSR count). The Bertz CT molecular complexity index is 898. The molecule has 0 atom stereocenters. The minimum absolute atomic E-state index is 0.150. The number of hydrazone groups is 1. The van der Waals surface area contributed by atoms with Crippen LogP contribution in [0.15, 0.2) is 65.8 Å². The molecule has 132 valence electrons. The second-order valence-corrected chi connectivity index (χ2v) is 5.99. The summed E-state index contributed by atoms with van der Waals surface area (Å²) in [5, 5.41) is 11.6. The summed E-state index contributed by atoms with van der Waals surface area (Å²) in [5.41, 5.74) is 7.28. The molecular formula is C20H21N5O. The van der Waals surface area contributed by atoms with Crippen LogP contribution in [0.2, 0.25) is 0 Å². The third-order valence-electron chi connectivity index (χ3n) is 3.77. The Morgan fingerprint density at radius 2 is 1.77 bits per heavy atom. The van der Waals surface area contributed by atoms with E-state index in [2.05, 4.69) is 20.9 Å². The fourth-order valence-electron chi connectivity index (χ4n) is 2.53. The van der Waals surface area contributed by atoms with E-state index in [4.69, 9.17) is 0 Å². The highest BCUT2D eigenvalue weighted by molar-refractivity contribution is 5.83. The van der Waals surface area contributed by atoms with Crippen LogP contribution < -0.4 is 10.7 Å². The first-order valence-corrected chi connectivity index (χ1v) is 8.35. The molecule has 26 heavy (non-hydrogen) atoms. The second kappa shape index (κ2) is 8.11. The van der Waals surface area contributed by atoms with Gasteiger partial charge >= 0.3 is 0 Å². The van der Waals surface area contributed by atoms with E-state index in [0.29, 0.717) is 0 Å². The molecule has 0 fully saturated rings. The molecule has 2 N–H and O–H groups in total. The molecule has 0 bridgehead atoms. The summed E-state index contributed by atoms with van der Waals surface area (Å²) in [6, 6.07) is 19.7. The van der Waals surface area contributed by atoms with Crippen molar-refractivity contribution in [3.05, 3.63) is 77.6 Å². The largest absolute Gasteiger partial charge is 0.356 e. The minimum Gasteiger partial charge on any atom is -0.356 e. The Kier molecular flexibility index (Phi) is 5.43. The van der Waals surface area contributed by atoms with Crippen molar-refractivity contribution in [3.8, 4) is 0 Å². The maximum absolute atomic E-state index is 11.9. The third-order valence-corrected chi connectivity index (χ3v) is 3.77. The van der Waals surface area contributed by atoms with E-state index in [0.717, 1.165) is 28.3 Å². The van der Waals surface area contributed by atoms with Gasteiger partial charge in [0.05, 0.1) is 11.9 Å². The van der Waals surface area contributed by atoms with Gasteiger partial charge in [-0.25, -0.2) is 5.43 Å². The predicted molar refractivity (Wildman–Crippen MR) is 104 cm³/mol. The number of rotatable bonds is 6. The van der Waals surface area contributed by atoms with Crippen molar-refractivity contribution in [1.82, 2.24) is 15.2 Å². The second-order valence-electron chi connectivity index (χ2n) is 5.99. The standard InChI is InChI=1S/C20H21N5O/c1-15-12-16(2)25(24-15)14-20(26)23-21-13-17-8-10-19(11-9-17)22-18-6-4-3-5-7-18/h3-13,22H,14H2,1-2H3,(H,23,26)/b21-13-. The monoisotopic (exact) mass is 347 g/mol. The summed E-state index contributed by atoms with van der Waals surface area (Å²) >= 11 is 0. The van der Waals surface area contributed by atoms with Crippen LogP contribution in [0, 0.1) is 13.8 Å². The number of carbonyl (C=O) groups is 1. The van der Waals surface area contributed by atoms with Gasteiger partial charge in [0.2, 0.25) is 0 Å². The number of carbonyl (C=O) groups excluding carboxylic acids is 1. The van der Waals surface area contributed by atoms with Gasteiger partial charge in [0.25, 0.3) is 5.91 Å². The van der Waals surface area contributed by atoms with Crippen molar-refractivity contribution < 1.29 is 4.79 Å². The Morgan fingerprint density at radius 1 is 1.08 bits per heavy atom. The number of aryl methyl sites for hydroxylation is 2. The number of nitrogens with one attached hydrogen (secondary N) is 2. The Hall–Kier alpha value is -3.41. The zero-order valence-electron chi connectivity index (χ0n) is 14.8. The molecule has 0 aliphatic rings. The fraction of sp³-hybridized carbons (Fsp3) is 0.150. The maximum Gasteiger partial charge on any atom is 0.261 e. The average molecular weight is 347 g/mol. The lowest BCUT2D eigenvalue weighted by Gasteiger charge is -2.06. The van der Waals surface area contributed by atoms with E-state index >= 15 is 0 Å². The molecule has 2 aromatic carbocycles. The molecule has 6 nitrogen and oxygen atoms in total. The smallest absolute Gasteiger partial charge is 0.261 e. The minimum atomic E-state index is -0.213. The lowest BCUT2D eigenvalue weighted by Crippen LogP contribution is -2.24. The number of para-hydroxylation sites is 1. The zero-order chi connectivity index (χ0) is 18.4. The molecule has 0 spiro atoms. The summed E-state index contributed by atoms with van der Waals surface area (Å²) in [7, 11) is 0. The Morgan fingerprint density at radius 3 is 2.42 bits per heavy atom. The molecule has 0 saturated carbocycles. The number of hydrogen-bond acceptors (Lipinski definition) is 4. The molecule has 0 aliphatic carbocycles. The van der Waals surface area contributed by atoms with Gasteiger partial charge in [-0.3, -0.25) is 9.48 Å². The number of anilines is 2. The molecule has 1 heterocycles. The van der Waals surface area contributed by atoms with E-state index in [-0.39, 0.29) is 12.5 Å². The van der Waals surface area contributed by atoms with Gasteiger partial charge in [0.1, 0.15) is 6.54 Å². The molecule has 6 heteroatoms. The summed E-state index contributed by atoms with van der Waals surface area (Å²) in [6.07, 6.45) is 1.62. The van der Waals surface area contributed by atoms with E-state index in [1.165, 1.54) is 0 Å².